The second-order valence-electron chi connectivity index (χ2n) is 2.75. The Morgan fingerprint density at radius 1 is 1.31 bits per heavy atom. The Kier molecular flexibility index (Phi) is 3.33. The molecule has 0 aliphatic rings. The third kappa shape index (κ3) is 2.02. The summed E-state index contributed by atoms with van der Waals surface area (Å²) in [7, 11) is 0. The number of rotatable bonds is 3. The minimum Gasteiger partial charge on any atom is -0.396 e. The second-order valence-corrected chi connectivity index (χ2v) is 2.75. The van der Waals surface area contributed by atoms with E-state index in [1.807, 2.05) is 0 Å². The van der Waals surface area contributed by atoms with Crippen molar-refractivity contribution in [1.82, 2.24) is 0 Å². The van der Waals surface area contributed by atoms with Gasteiger partial charge in [0.15, 0.2) is 0 Å². The van der Waals surface area contributed by atoms with Crippen molar-refractivity contribution >= 4 is 0 Å². The highest BCUT2D eigenvalue weighted by atomic mass is 19.1. The van der Waals surface area contributed by atoms with Gasteiger partial charge in [0, 0.05) is 18.0 Å². The summed E-state index contributed by atoms with van der Waals surface area (Å²) in [5, 5.41) is 8.82. The summed E-state index contributed by atoms with van der Waals surface area (Å²) in [6, 6.07) is 3.58. The monoisotopic (exact) mass is 187 g/mol. The van der Waals surface area contributed by atoms with Crippen molar-refractivity contribution in [3.05, 3.63) is 35.4 Å². The molecule has 0 aliphatic heterocycles. The molecule has 0 amide bonds. The molecule has 0 saturated heterocycles. The molecule has 1 atom stereocenters. The number of halogens is 2. The van der Waals surface area contributed by atoms with Crippen molar-refractivity contribution in [3.8, 4) is 0 Å². The largest absolute Gasteiger partial charge is 0.396 e. The summed E-state index contributed by atoms with van der Waals surface area (Å²) in [6.07, 6.45) is 0. The van der Waals surface area contributed by atoms with Gasteiger partial charge in [0.05, 0.1) is 6.61 Å². The maximum Gasteiger partial charge on any atom is 0.129 e. The number of nitrogens with two attached hydrogens (primary N) is 1. The van der Waals surface area contributed by atoms with Gasteiger partial charge >= 0.3 is 0 Å². The Balaban J connectivity index is 3.10. The van der Waals surface area contributed by atoms with Crippen LogP contribution in [0.3, 0.4) is 0 Å². The smallest absolute Gasteiger partial charge is 0.129 e. The highest BCUT2D eigenvalue weighted by Crippen LogP contribution is 2.21. The quantitative estimate of drug-likeness (QED) is 0.741. The van der Waals surface area contributed by atoms with Gasteiger partial charge in [-0.15, -0.1) is 0 Å². The maximum atomic E-state index is 13.1. The van der Waals surface area contributed by atoms with Crippen molar-refractivity contribution < 1.29 is 13.9 Å². The standard InChI is InChI=1S/C9H11F2NO/c10-7-2-1-3-8(11)9(7)6(4-12)5-13/h1-3,6,13H,4-5,12H2. The van der Waals surface area contributed by atoms with Crippen molar-refractivity contribution in [2.24, 2.45) is 5.73 Å². The van der Waals surface area contributed by atoms with Crippen LogP contribution >= 0.6 is 0 Å². The normalized spacial score (nSPS) is 12.9. The van der Waals surface area contributed by atoms with Gasteiger partial charge in [-0.1, -0.05) is 6.07 Å². The lowest BCUT2D eigenvalue weighted by Crippen LogP contribution is -2.18. The lowest BCUT2D eigenvalue weighted by Gasteiger charge is -2.13. The second kappa shape index (κ2) is 4.30. The predicted octanol–water partition coefficient (Wildman–Crippen LogP) is 0.999. The molecule has 3 N–H and O–H groups in total. The molecule has 0 bridgehead atoms. The van der Waals surface area contributed by atoms with Gasteiger partial charge in [-0.2, -0.15) is 0 Å². The predicted molar refractivity (Wildman–Crippen MR) is 45.2 cm³/mol. The molecule has 4 heteroatoms. The summed E-state index contributed by atoms with van der Waals surface area (Å²) in [4.78, 5) is 0. The highest BCUT2D eigenvalue weighted by Gasteiger charge is 2.17. The molecule has 0 aliphatic carbocycles. The molecule has 2 nitrogen and oxygen atoms in total. The molecule has 1 aromatic carbocycles. The number of benzene rings is 1. The van der Waals surface area contributed by atoms with E-state index in [1.54, 1.807) is 0 Å². The van der Waals surface area contributed by atoms with E-state index in [0.717, 1.165) is 12.1 Å². The Morgan fingerprint density at radius 3 is 2.23 bits per heavy atom. The van der Waals surface area contributed by atoms with E-state index in [1.165, 1.54) is 6.07 Å². The summed E-state index contributed by atoms with van der Waals surface area (Å²) in [5.41, 5.74) is 5.13. The Hall–Kier alpha value is -1.00. The van der Waals surface area contributed by atoms with Crippen LogP contribution in [0.5, 0.6) is 0 Å². The minimum absolute atomic E-state index is 0.0222. The first-order chi connectivity index (χ1) is 6.20. The first kappa shape index (κ1) is 10.1. The van der Waals surface area contributed by atoms with Gasteiger partial charge in [-0.25, -0.2) is 8.78 Å². The topological polar surface area (TPSA) is 46.2 Å². The molecule has 72 valence electrons. The van der Waals surface area contributed by atoms with Crippen LogP contribution in [0.15, 0.2) is 18.2 Å². The summed E-state index contributed by atoms with van der Waals surface area (Å²) in [6.45, 7) is -0.331. The van der Waals surface area contributed by atoms with Crippen molar-refractivity contribution in [3.63, 3.8) is 0 Å². The Labute approximate surface area is 75.0 Å². The zero-order valence-electron chi connectivity index (χ0n) is 7.00. The van der Waals surface area contributed by atoms with Crippen LogP contribution in [-0.4, -0.2) is 18.3 Å². The van der Waals surface area contributed by atoms with Gasteiger partial charge in [0.25, 0.3) is 0 Å². The van der Waals surface area contributed by atoms with Gasteiger partial charge in [-0.3, -0.25) is 0 Å². The van der Waals surface area contributed by atoms with E-state index in [0.29, 0.717) is 0 Å². The van der Waals surface area contributed by atoms with Crippen molar-refractivity contribution in [2.75, 3.05) is 13.2 Å². The van der Waals surface area contributed by atoms with E-state index >= 15 is 0 Å². The fourth-order valence-corrected chi connectivity index (χ4v) is 1.18. The molecule has 0 heterocycles. The average molecular weight is 187 g/mol. The molecular weight excluding hydrogens is 176 g/mol. The van der Waals surface area contributed by atoms with Crippen LogP contribution in [-0.2, 0) is 0 Å². The third-order valence-corrected chi connectivity index (χ3v) is 1.91. The van der Waals surface area contributed by atoms with Crippen LogP contribution in [0.1, 0.15) is 11.5 Å². The SMILES string of the molecule is NCC(CO)c1c(F)cccc1F. The Morgan fingerprint density at radius 2 is 1.85 bits per heavy atom. The Bertz CT molecular complexity index is 267. The first-order valence-corrected chi connectivity index (χ1v) is 3.95. The van der Waals surface area contributed by atoms with Crippen LogP contribution in [0, 0.1) is 11.6 Å². The molecule has 1 aromatic rings. The summed E-state index contributed by atoms with van der Waals surface area (Å²) < 4.78 is 26.1. The minimum atomic E-state index is -0.666. The van der Waals surface area contributed by atoms with Crippen molar-refractivity contribution in [1.29, 1.82) is 0 Å². The fraction of sp³-hybridized carbons (Fsp3) is 0.333. The molecule has 0 saturated carbocycles. The lowest BCUT2D eigenvalue weighted by molar-refractivity contribution is 0.262. The third-order valence-electron chi connectivity index (χ3n) is 1.91. The molecule has 0 spiro atoms. The molecule has 1 rings (SSSR count). The molecule has 0 fully saturated rings. The first-order valence-electron chi connectivity index (χ1n) is 3.95. The van der Waals surface area contributed by atoms with Crippen LogP contribution in [0.2, 0.25) is 0 Å². The van der Waals surface area contributed by atoms with E-state index in [-0.39, 0.29) is 18.7 Å². The van der Waals surface area contributed by atoms with Gasteiger partial charge in [-0.05, 0) is 12.1 Å². The van der Waals surface area contributed by atoms with E-state index in [9.17, 15) is 8.78 Å². The number of hydrogen-bond donors (Lipinski definition) is 2. The molecule has 0 radical (unpaired) electrons. The molecular formula is C9H11F2NO. The highest BCUT2D eigenvalue weighted by molar-refractivity contribution is 5.24. The van der Waals surface area contributed by atoms with Crippen LogP contribution in [0.25, 0.3) is 0 Å². The van der Waals surface area contributed by atoms with Gasteiger partial charge in [0.1, 0.15) is 11.6 Å². The number of aliphatic hydroxyl groups excluding tert-OH is 1. The fourth-order valence-electron chi connectivity index (χ4n) is 1.18. The van der Waals surface area contributed by atoms with Gasteiger partial charge in [0.2, 0.25) is 0 Å². The lowest BCUT2D eigenvalue weighted by atomic mass is 9.99. The molecule has 0 aromatic heterocycles. The maximum absolute atomic E-state index is 13.1. The van der Waals surface area contributed by atoms with Crippen LogP contribution in [0.4, 0.5) is 8.78 Å². The van der Waals surface area contributed by atoms with E-state index in [2.05, 4.69) is 0 Å². The van der Waals surface area contributed by atoms with Gasteiger partial charge < -0.3 is 10.8 Å². The van der Waals surface area contributed by atoms with Crippen LogP contribution < -0.4 is 5.73 Å². The van der Waals surface area contributed by atoms with Crippen molar-refractivity contribution in [2.45, 2.75) is 5.92 Å². The molecule has 1 unspecified atom stereocenters. The summed E-state index contributed by atoms with van der Waals surface area (Å²) >= 11 is 0. The van der Waals surface area contributed by atoms with E-state index < -0.39 is 17.6 Å². The number of hydrogen-bond acceptors (Lipinski definition) is 2. The molecule has 13 heavy (non-hydrogen) atoms. The summed E-state index contributed by atoms with van der Waals surface area (Å²) in [5.74, 6) is -1.99. The zero-order valence-corrected chi connectivity index (χ0v) is 7.00. The zero-order chi connectivity index (χ0) is 9.84. The average Bonchev–Trinajstić information content (AvgIpc) is 2.11. The number of aliphatic hydroxyl groups is 1. The van der Waals surface area contributed by atoms with E-state index in [4.69, 9.17) is 10.8 Å².